The number of hydrogen-bond donors (Lipinski definition) is 1. The SMILES string of the molecule is COc1ccc(N(C)c2ncnc3cc(N)ccc23)cc1. The normalized spacial score (nSPS) is 10.6. The molecule has 21 heavy (non-hydrogen) atoms. The van der Waals surface area contributed by atoms with E-state index in [1.807, 2.05) is 54.4 Å². The zero-order chi connectivity index (χ0) is 14.8. The molecule has 5 heteroatoms. The Morgan fingerprint density at radius 1 is 1.05 bits per heavy atom. The number of rotatable bonds is 3. The summed E-state index contributed by atoms with van der Waals surface area (Å²) in [7, 11) is 3.63. The smallest absolute Gasteiger partial charge is 0.144 e. The highest BCUT2D eigenvalue weighted by Crippen LogP contribution is 2.29. The third kappa shape index (κ3) is 2.45. The molecule has 0 aliphatic heterocycles. The van der Waals surface area contributed by atoms with Crippen LogP contribution in [0.1, 0.15) is 0 Å². The molecule has 2 N–H and O–H groups in total. The molecule has 0 aliphatic carbocycles. The van der Waals surface area contributed by atoms with E-state index in [0.717, 1.165) is 28.2 Å². The van der Waals surface area contributed by atoms with Crippen molar-refractivity contribution in [3.63, 3.8) is 0 Å². The number of nitrogens with zero attached hydrogens (tertiary/aromatic N) is 3. The second-order valence-electron chi connectivity index (χ2n) is 4.73. The van der Waals surface area contributed by atoms with Gasteiger partial charge in [0.15, 0.2) is 0 Å². The molecule has 0 fully saturated rings. The summed E-state index contributed by atoms with van der Waals surface area (Å²) < 4.78 is 5.18. The van der Waals surface area contributed by atoms with Gasteiger partial charge in [0, 0.05) is 23.8 Å². The number of benzene rings is 2. The van der Waals surface area contributed by atoms with E-state index in [0.29, 0.717) is 5.69 Å². The van der Waals surface area contributed by atoms with E-state index in [-0.39, 0.29) is 0 Å². The van der Waals surface area contributed by atoms with E-state index < -0.39 is 0 Å². The van der Waals surface area contributed by atoms with Crippen LogP contribution in [0.15, 0.2) is 48.8 Å². The predicted molar refractivity (Wildman–Crippen MR) is 85.0 cm³/mol. The van der Waals surface area contributed by atoms with Gasteiger partial charge in [0.1, 0.15) is 17.9 Å². The molecular weight excluding hydrogens is 264 g/mol. The fourth-order valence-corrected chi connectivity index (χ4v) is 2.26. The van der Waals surface area contributed by atoms with Crippen LogP contribution < -0.4 is 15.4 Å². The minimum atomic E-state index is 0.694. The van der Waals surface area contributed by atoms with Gasteiger partial charge in [0.2, 0.25) is 0 Å². The maximum Gasteiger partial charge on any atom is 0.144 e. The van der Waals surface area contributed by atoms with Crippen LogP contribution in [0.3, 0.4) is 0 Å². The van der Waals surface area contributed by atoms with Crippen LogP contribution in [-0.4, -0.2) is 24.1 Å². The van der Waals surface area contributed by atoms with Crippen LogP contribution in [0, 0.1) is 0 Å². The molecule has 0 bridgehead atoms. The third-order valence-corrected chi connectivity index (χ3v) is 3.42. The second kappa shape index (κ2) is 5.28. The maximum absolute atomic E-state index is 5.81. The first-order chi connectivity index (χ1) is 10.2. The van der Waals surface area contributed by atoms with Gasteiger partial charge in [-0.05, 0) is 42.5 Å². The Labute approximate surface area is 123 Å². The number of hydrogen-bond acceptors (Lipinski definition) is 5. The Bertz CT molecular complexity index is 771. The van der Waals surface area contributed by atoms with E-state index in [9.17, 15) is 0 Å². The van der Waals surface area contributed by atoms with Crippen molar-refractivity contribution in [1.29, 1.82) is 0 Å². The van der Waals surface area contributed by atoms with Crippen LogP contribution in [-0.2, 0) is 0 Å². The summed E-state index contributed by atoms with van der Waals surface area (Å²) >= 11 is 0. The van der Waals surface area contributed by atoms with Crippen molar-refractivity contribution >= 4 is 28.1 Å². The van der Waals surface area contributed by atoms with Gasteiger partial charge in [-0.3, -0.25) is 0 Å². The average Bonchev–Trinajstić information content (AvgIpc) is 2.53. The highest BCUT2D eigenvalue weighted by atomic mass is 16.5. The lowest BCUT2D eigenvalue weighted by Gasteiger charge is -2.20. The summed E-state index contributed by atoms with van der Waals surface area (Å²) in [5.74, 6) is 1.66. The Morgan fingerprint density at radius 3 is 2.52 bits per heavy atom. The molecule has 0 radical (unpaired) electrons. The molecule has 5 nitrogen and oxygen atoms in total. The number of anilines is 3. The standard InChI is InChI=1S/C16H16N4O/c1-20(12-4-6-13(21-2)7-5-12)16-14-8-3-11(17)9-15(14)18-10-19-16/h3-10H,17H2,1-2H3. The number of methoxy groups -OCH3 is 1. The summed E-state index contributed by atoms with van der Waals surface area (Å²) in [4.78, 5) is 10.7. The Kier molecular flexibility index (Phi) is 3.31. The van der Waals surface area contributed by atoms with E-state index in [1.54, 1.807) is 13.4 Å². The lowest BCUT2D eigenvalue weighted by molar-refractivity contribution is 0.415. The molecule has 0 aliphatic rings. The summed E-state index contributed by atoms with van der Waals surface area (Å²) in [6.07, 6.45) is 1.55. The number of fused-ring (bicyclic) bond motifs is 1. The number of ether oxygens (including phenoxy) is 1. The van der Waals surface area contributed by atoms with E-state index >= 15 is 0 Å². The molecule has 0 unspecified atom stereocenters. The fourth-order valence-electron chi connectivity index (χ4n) is 2.26. The van der Waals surface area contributed by atoms with Crippen molar-refractivity contribution in [3.05, 3.63) is 48.8 Å². The van der Waals surface area contributed by atoms with Crippen molar-refractivity contribution < 1.29 is 4.74 Å². The first kappa shape index (κ1) is 13.2. The van der Waals surface area contributed by atoms with E-state index in [2.05, 4.69) is 9.97 Å². The molecule has 106 valence electrons. The van der Waals surface area contributed by atoms with Gasteiger partial charge < -0.3 is 15.4 Å². The molecule has 0 saturated carbocycles. The molecular formula is C16H16N4O. The molecule has 3 aromatic rings. The summed E-state index contributed by atoms with van der Waals surface area (Å²) in [6, 6.07) is 13.5. The van der Waals surface area contributed by atoms with Gasteiger partial charge in [-0.1, -0.05) is 0 Å². The zero-order valence-corrected chi connectivity index (χ0v) is 11.9. The van der Waals surface area contributed by atoms with Gasteiger partial charge in [-0.2, -0.15) is 0 Å². The summed E-state index contributed by atoms with van der Waals surface area (Å²) in [5.41, 5.74) is 8.35. The zero-order valence-electron chi connectivity index (χ0n) is 11.9. The quantitative estimate of drug-likeness (QED) is 0.747. The largest absolute Gasteiger partial charge is 0.497 e. The monoisotopic (exact) mass is 280 g/mol. The Balaban J connectivity index is 2.06. The Morgan fingerprint density at radius 2 is 1.81 bits per heavy atom. The van der Waals surface area contributed by atoms with Gasteiger partial charge in [0.05, 0.1) is 12.6 Å². The summed E-state index contributed by atoms with van der Waals surface area (Å²) in [5, 5.41) is 0.963. The van der Waals surface area contributed by atoms with Crippen LogP contribution in [0.4, 0.5) is 17.2 Å². The van der Waals surface area contributed by atoms with Crippen LogP contribution >= 0.6 is 0 Å². The van der Waals surface area contributed by atoms with Crippen LogP contribution in [0.25, 0.3) is 10.9 Å². The topological polar surface area (TPSA) is 64.3 Å². The molecule has 1 aromatic heterocycles. The number of nitrogen functional groups attached to an aromatic ring is 1. The highest BCUT2D eigenvalue weighted by molar-refractivity contribution is 5.92. The first-order valence-electron chi connectivity index (χ1n) is 6.57. The summed E-state index contributed by atoms with van der Waals surface area (Å²) in [6.45, 7) is 0. The van der Waals surface area contributed by atoms with Crippen LogP contribution in [0.2, 0.25) is 0 Å². The number of nitrogens with two attached hydrogens (primary N) is 1. The average molecular weight is 280 g/mol. The Hall–Kier alpha value is -2.82. The predicted octanol–water partition coefficient (Wildman–Crippen LogP) is 2.99. The fraction of sp³-hybridized carbons (Fsp3) is 0.125. The molecule has 0 spiro atoms. The second-order valence-corrected chi connectivity index (χ2v) is 4.73. The molecule has 1 heterocycles. The minimum Gasteiger partial charge on any atom is -0.497 e. The maximum atomic E-state index is 5.81. The van der Waals surface area contributed by atoms with E-state index in [1.165, 1.54) is 0 Å². The van der Waals surface area contributed by atoms with Crippen molar-refractivity contribution in [2.75, 3.05) is 24.8 Å². The number of aromatic nitrogens is 2. The highest BCUT2D eigenvalue weighted by Gasteiger charge is 2.10. The van der Waals surface area contributed by atoms with Crippen LogP contribution in [0.5, 0.6) is 5.75 Å². The van der Waals surface area contributed by atoms with Crippen molar-refractivity contribution in [2.45, 2.75) is 0 Å². The van der Waals surface area contributed by atoms with Crippen molar-refractivity contribution in [1.82, 2.24) is 9.97 Å². The minimum absolute atomic E-state index is 0.694. The van der Waals surface area contributed by atoms with E-state index in [4.69, 9.17) is 10.5 Å². The van der Waals surface area contributed by atoms with Crippen molar-refractivity contribution in [2.24, 2.45) is 0 Å². The van der Waals surface area contributed by atoms with Gasteiger partial charge >= 0.3 is 0 Å². The molecule has 0 saturated heterocycles. The van der Waals surface area contributed by atoms with Gasteiger partial charge in [0.25, 0.3) is 0 Å². The van der Waals surface area contributed by atoms with Gasteiger partial charge in [-0.25, -0.2) is 9.97 Å². The van der Waals surface area contributed by atoms with Crippen molar-refractivity contribution in [3.8, 4) is 5.75 Å². The third-order valence-electron chi connectivity index (χ3n) is 3.42. The molecule has 0 atom stereocenters. The molecule has 0 amide bonds. The molecule has 2 aromatic carbocycles. The first-order valence-corrected chi connectivity index (χ1v) is 6.57. The van der Waals surface area contributed by atoms with Gasteiger partial charge in [-0.15, -0.1) is 0 Å². The lowest BCUT2D eigenvalue weighted by Crippen LogP contribution is -2.12. The lowest BCUT2D eigenvalue weighted by atomic mass is 10.2. The molecule has 3 rings (SSSR count).